The lowest BCUT2D eigenvalue weighted by atomic mass is 10.1. The van der Waals surface area contributed by atoms with E-state index in [1.807, 2.05) is 32.3 Å². The number of aromatic nitrogens is 1. The first-order chi connectivity index (χ1) is 13.3. The van der Waals surface area contributed by atoms with Crippen molar-refractivity contribution < 1.29 is 17.9 Å². The summed E-state index contributed by atoms with van der Waals surface area (Å²) in [5.74, 6) is 0.654. The highest BCUT2D eigenvalue weighted by Crippen LogP contribution is 2.30. The molecule has 8 heteroatoms. The van der Waals surface area contributed by atoms with Crippen molar-refractivity contribution in [2.75, 3.05) is 33.0 Å². The van der Waals surface area contributed by atoms with Crippen LogP contribution >= 0.6 is 0 Å². The van der Waals surface area contributed by atoms with Gasteiger partial charge in [0.2, 0.25) is 0 Å². The minimum Gasteiger partial charge on any atom is -0.497 e. The highest BCUT2D eigenvalue weighted by Gasteiger charge is 2.21. The van der Waals surface area contributed by atoms with Crippen LogP contribution in [-0.2, 0) is 16.6 Å². The number of ether oxygens (including phenoxy) is 2. The van der Waals surface area contributed by atoms with Crippen molar-refractivity contribution in [2.24, 2.45) is 0 Å². The fourth-order valence-electron chi connectivity index (χ4n) is 2.90. The number of sulfonamides is 1. The molecule has 3 rings (SSSR count). The molecule has 0 unspecified atom stereocenters. The van der Waals surface area contributed by atoms with Gasteiger partial charge in [-0.05, 0) is 50.0 Å². The second-order valence-corrected chi connectivity index (χ2v) is 8.26. The van der Waals surface area contributed by atoms with E-state index < -0.39 is 10.0 Å². The lowest BCUT2D eigenvalue weighted by Crippen LogP contribution is -2.14. The van der Waals surface area contributed by atoms with Gasteiger partial charge in [-0.25, -0.2) is 8.42 Å². The number of anilines is 1. The van der Waals surface area contributed by atoms with Gasteiger partial charge in [0.25, 0.3) is 10.0 Å². The van der Waals surface area contributed by atoms with E-state index in [0.717, 1.165) is 23.0 Å². The van der Waals surface area contributed by atoms with Crippen molar-refractivity contribution in [3.63, 3.8) is 0 Å². The molecule has 2 aromatic carbocycles. The first-order valence-corrected chi connectivity index (χ1v) is 10.1. The summed E-state index contributed by atoms with van der Waals surface area (Å²) >= 11 is 0. The molecule has 0 atom stereocenters. The second-order valence-electron chi connectivity index (χ2n) is 6.61. The Hall–Kier alpha value is -2.84. The molecule has 0 aliphatic carbocycles. The predicted molar refractivity (Wildman–Crippen MR) is 109 cm³/mol. The number of benzene rings is 2. The Morgan fingerprint density at radius 2 is 1.82 bits per heavy atom. The molecule has 7 nitrogen and oxygen atoms in total. The highest BCUT2D eigenvalue weighted by atomic mass is 32.2. The summed E-state index contributed by atoms with van der Waals surface area (Å²) in [6, 6.07) is 12.3. The highest BCUT2D eigenvalue weighted by molar-refractivity contribution is 7.92. The van der Waals surface area contributed by atoms with Crippen molar-refractivity contribution >= 4 is 26.6 Å². The van der Waals surface area contributed by atoms with E-state index >= 15 is 0 Å². The van der Waals surface area contributed by atoms with Gasteiger partial charge in [0.1, 0.15) is 16.4 Å². The van der Waals surface area contributed by atoms with Crippen molar-refractivity contribution in [1.82, 2.24) is 9.88 Å². The van der Waals surface area contributed by atoms with Crippen LogP contribution in [0, 0.1) is 0 Å². The van der Waals surface area contributed by atoms with Crippen LogP contribution < -0.4 is 14.2 Å². The molecule has 0 saturated carbocycles. The largest absolute Gasteiger partial charge is 0.497 e. The van der Waals surface area contributed by atoms with E-state index in [-0.39, 0.29) is 10.6 Å². The third-order valence-electron chi connectivity index (χ3n) is 4.16. The topological polar surface area (TPSA) is 80.8 Å². The predicted octanol–water partition coefficient (Wildman–Crippen LogP) is 3.11. The maximum atomic E-state index is 12.9. The van der Waals surface area contributed by atoms with E-state index in [2.05, 4.69) is 14.6 Å². The summed E-state index contributed by atoms with van der Waals surface area (Å²) in [6.45, 7) is 0.785. The van der Waals surface area contributed by atoms with Crippen molar-refractivity contribution in [3.8, 4) is 11.5 Å². The van der Waals surface area contributed by atoms with Gasteiger partial charge in [0.15, 0.2) is 0 Å². The average Bonchev–Trinajstić information content (AvgIpc) is 2.66. The van der Waals surface area contributed by atoms with Crippen LogP contribution in [0.2, 0.25) is 0 Å². The molecule has 0 saturated heterocycles. The van der Waals surface area contributed by atoms with Crippen LogP contribution in [-0.4, -0.2) is 46.6 Å². The monoisotopic (exact) mass is 401 g/mol. The van der Waals surface area contributed by atoms with Gasteiger partial charge in [0, 0.05) is 18.0 Å². The molecule has 0 fully saturated rings. The fourth-order valence-corrected chi connectivity index (χ4v) is 4.12. The Labute approximate surface area is 165 Å². The van der Waals surface area contributed by atoms with Gasteiger partial charge in [-0.1, -0.05) is 6.07 Å². The summed E-state index contributed by atoms with van der Waals surface area (Å²) in [4.78, 5) is 6.42. The summed E-state index contributed by atoms with van der Waals surface area (Å²) in [5.41, 5.74) is 2.29. The SMILES string of the molecule is COc1ccc(OC)c(S(=O)(=O)Nc2cnc3ccc(CN(C)C)cc3c2)c1. The summed E-state index contributed by atoms with van der Waals surface area (Å²) < 4.78 is 38.7. The Morgan fingerprint density at radius 1 is 1.04 bits per heavy atom. The van der Waals surface area contributed by atoms with Crippen molar-refractivity contribution in [3.05, 3.63) is 54.2 Å². The van der Waals surface area contributed by atoms with Gasteiger partial charge in [0.05, 0.1) is 31.6 Å². The van der Waals surface area contributed by atoms with Crippen LogP contribution in [0.5, 0.6) is 11.5 Å². The Morgan fingerprint density at radius 3 is 2.50 bits per heavy atom. The summed E-state index contributed by atoms with van der Waals surface area (Å²) in [6.07, 6.45) is 1.50. The van der Waals surface area contributed by atoms with Crippen LogP contribution in [0.4, 0.5) is 5.69 Å². The third kappa shape index (κ3) is 4.35. The number of nitrogens with zero attached hydrogens (tertiary/aromatic N) is 2. The van der Waals surface area contributed by atoms with Gasteiger partial charge in [-0.15, -0.1) is 0 Å². The van der Waals surface area contributed by atoms with Gasteiger partial charge in [-0.3, -0.25) is 9.71 Å². The molecular formula is C20H23N3O4S. The van der Waals surface area contributed by atoms with Gasteiger partial charge in [-0.2, -0.15) is 0 Å². The minimum atomic E-state index is -3.89. The zero-order valence-corrected chi connectivity index (χ0v) is 17.1. The first-order valence-electron chi connectivity index (χ1n) is 8.60. The summed E-state index contributed by atoms with van der Waals surface area (Å²) in [7, 11) is 3.00. The molecule has 1 heterocycles. The van der Waals surface area contributed by atoms with Crippen molar-refractivity contribution in [1.29, 1.82) is 0 Å². The smallest absolute Gasteiger partial charge is 0.265 e. The molecule has 0 radical (unpaired) electrons. The Kier molecular flexibility index (Phi) is 5.71. The molecule has 1 aromatic heterocycles. The van der Waals surface area contributed by atoms with Crippen molar-refractivity contribution in [2.45, 2.75) is 11.4 Å². The fraction of sp³-hybridized carbons (Fsp3) is 0.250. The third-order valence-corrected chi connectivity index (χ3v) is 5.56. The molecule has 3 aromatic rings. The standard InChI is InChI=1S/C20H23N3O4S/c1-23(2)13-14-5-7-18-15(9-14)10-16(12-21-18)22-28(24,25)20-11-17(26-3)6-8-19(20)27-4/h5-12,22H,13H2,1-4H3. The van der Waals surface area contributed by atoms with E-state index in [9.17, 15) is 8.42 Å². The number of pyridine rings is 1. The number of rotatable bonds is 7. The molecule has 0 aliphatic rings. The molecule has 148 valence electrons. The minimum absolute atomic E-state index is 0.00388. The molecule has 0 bridgehead atoms. The number of hydrogen-bond acceptors (Lipinski definition) is 6. The maximum Gasteiger partial charge on any atom is 0.265 e. The number of fused-ring (bicyclic) bond motifs is 1. The van der Waals surface area contributed by atoms with E-state index in [4.69, 9.17) is 9.47 Å². The van der Waals surface area contributed by atoms with Crippen LogP contribution in [0.15, 0.2) is 53.6 Å². The lowest BCUT2D eigenvalue weighted by Gasteiger charge is -2.13. The molecule has 28 heavy (non-hydrogen) atoms. The zero-order chi connectivity index (χ0) is 20.3. The normalized spacial score (nSPS) is 11.6. The Bertz CT molecular complexity index is 1100. The maximum absolute atomic E-state index is 12.9. The molecule has 0 spiro atoms. The van der Waals surface area contributed by atoms with E-state index in [1.54, 1.807) is 18.2 Å². The molecular weight excluding hydrogens is 378 g/mol. The van der Waals surface area contributed by atoms with E-state index in [0.29, 0.717) is 11.4 Å². The average molecular weight is 401 g/mol. The second kappa shape index (κ2) is 8.04. The summed E-state index contributed by atoms with van der Waals surface area (Å²) in [5, 5.41) is 0.858. The lowest BCUT2D eigenvalue weighted by molar-refractivity contribution is 0.392. The zero-order valence-electron chi connectivity index (χ0n) is 16.3. The first kappa shape index (κ1) is 19.9. The Balaban J connectivity index is 1.97. The quantitative estimate of drug-likeness (QED) is 0.655. The molecule has 1 N–H and O–H groups in total. The molecule has 0 amide bonds. The number of nitrogens with one attached hydrogen (secondary N) is 1. The van der Waals surface area contributed by atoms with Crippen LogP contribution in [0.25, 0.3) is 10.9 Å². The van der Waals surface area contributed by atoms with Gasteiger partial charge >= 0.3 is 0 Å². The number of hydrogen-bond donors (Lipinski definition) is 1. The van der Waals surface area contributed by atoms with Gasteiger partial charge < -0.3 is 14.4 Å². The molecule has 0 aliphatic heterocycles. The van der Waals surface area contributed by atoms with E-state index in [1.165, 1.54) is 26.5 Å². The van der Waals surface area contributed by atoms with Crippen LogP contribution in [0.3, 0.4) is 0 Å². The number of methoxy groups -OCH3 is 2. The van der Waals surface area contributed by atoms with Crippen LogP contribution in [0.1, 0.15) is 5.56 Å².